The first-order valence-corrected chi connectivity index (χ1v) is 11.9. The summed E-state index contributed by atoms with van der Waals surface area (Å²) in [7, 11) is -7.60. The second-order valence-electron chi connectivity index (χ2n) is 6.75. The molecule has 0 aromatic heterocycles. The Balaban J connectivity index is 2.05. The van der Waals surface area contributed by atoms with E-state index in [9.17, 15) is 21.6 Å². The van der Waals surface area contributed by atoms with E-state index in [1.165, 1.54) is 12.1 Å². The van der Waals surface area contributed by atoms with Crippen LogP contribution in [0.2, 0.25) is 0 Å². The third kappa shape index (κ3) is 3.64. The Labute approximate surface area is 165 Å². The third-order valence-corrected chi connectivity index (χ3v) is 8.03. The van der Waals surface area contributed by atoms with E-state index in [0.717, 1.165) is 9.87 Å². The first-order chi connectivity index (χ1) is 13.1. The molecule has 1 aliphatic heterocycles. The first-order valence-electron chi connectivity index (χ1n) is 8.84. The van der Waals surface area contributed by atoms with Gasteiger partial charge in [-0.3, -0.25) is 9.52 Å². The van der Waals surface area contributed by atoms with Crippen molar-refractivity contribution in [3.63, 3.8) is 0 Å². The lowest BCUT2D eigenvalue weighted by Crippen LogP contribution is -2.29. The zero-order valence-electron chi connectivity index (χ0n) is 15.9. The molecule has 0 atom stereocenters. The molecule has 1 heterocycles. The molecule has 2 aromatic carbocycles. The molecule has 0 radical (unpaired) electrons. The number of amides is 1. The van der Waals surface area contributed by atoms with Gasteiger partial charge in [0.05, 0.1) is 22.0 Å². The molecule has 0 spiro atoms. The van der Waals surface area contributed by atoms with E-state index in [2.05, 4.69) is 4.72 Å². The van der Waals surface area contributed by atoms with Crippen molar-refractivity contribution in [2.45, 2.75) is 38.5 Å². The maximum atomic E-state index is 13.0. The first kappa shape index (κ1) is 20.3. The van der Waals surface area contributed by atoms with Crippen LogP contribution in [-0.2, 0) is 31.3 Å². The molecule has 1 fully saturated rings. The topological polar surface area (TPSA) is 101 Å². The highest BCUT2D eigenvalue weighted by atomic mass is 32.2. The predicted octanol–water partition coefficient (Wildman–Crippen LogP) is 2.73. The summed E-state index contributed by atoms with van der Waals surface area (Å²) in [6, 6.07) is 10.00. The van der Waals surface area contributed by atoms with Crippen LogP contribution in [-0.4, -0.2) is 28.5 Å². The fourth-order valence-electron chi connectivity index (χ4n) is 3.46. The van der Waals surface area contributed by atoms with E-state index >= 15 is 0 Å². The molecular weight excluding hydrogens is 400 g/mol. The average Bonchev–Trinajstić information content (AvgIpc) is 2.86. The number of aryl methyl sites for hydroxylation is 3. The van der Waals surface area contributed by atoms with Crippen LogP contribution in [0.1, 0.15) is 30.0 Å². The fraction of sp³-hybridized carbons (Fsp3) is 0.316. The molecule has 0 bridgehead atoms. The van der Waals surface area contributed by atoms with Crippen LogP contribution >= 0.6 is 0 Å². The van der Waals surface area contributed by atoms with Crippen LogP contribution in [0.3, 0.4) is 0 Å². The van der Waals surface area contributed by atoms with Crippen LogP contribution in [0, 0.1) is 13.8 Å². The second kappa shape index (κ2) is 7.21. The molecule has 0 aliphatic carbocycles. The zero-order valence-corrected chi connectivity index (χ0v) is 17.5. The van der Waals surface area contributed by atoms with E-state index in [0.29, 0.717) is 23.2 Å². The monoisotopic (exact) mass is 422 g/mol. The van der Waals surface area contributed by atoms with Gasteiger partial charge in [0.1, 0.15) is 0 Å². The smallest absolute Gasteiger partial charge is 0.262 e. The Morgan fingerprint density at radius 2 is 1.71 bits per heavy atom. The van der Waals surface area contributed by atoms with Gasteiger partial charge in [0, 0.05) is 6.42 Å². The van der Waals surface area contributed by atoms with Crippen LogP contribution in [0.25, 0.3) is 0 Å². The Morgan fingerprint density at radius 3 is 2.25 bits per heavy atom. The normalized spacial score (nSPS) is 16.4. The van der Waals surface area contributed by atoms with Crippen molar-refractivity contribution in [1.82, 2.24) is 0 Å². The number of sulfonamides is 2. The highest BCUT2D eigenvalue weighted by Crippen LogP contribution is 2.32. The lowest BCUT2D eigenvalue weighted by Gasteiger charge is -2.20. The highest BCUT2D eigenvalue weighted by molar-refractivity contribution is 7.94. The Morgan fingerprint density at radius 1 is 1.11 bits per heavy atom. The summed E-state index contributed by atoms with van der Waals surface area (Å²) in [5, 5.41) is 0. The predicted molar refractivity (Wildman–Crippen MR) is 108 cm³/mol. The van der Waals surface area contributed by atoms with Crippen molar-refractivity contribution in [2.24, 2.45) is 0 Å². The zero-order chi connectivity index (χ0) is 20.7. The van der Waals surface area contributed by atoms with Crippen molar-refractivity contribution in [3.05, 3.63) is 53.1 Å². The number of hydrogen-bond acceptors (Lipinski definition) is 5. The maximum Gasteiger partial charge on any atom is 0.262 e. The average molecular weight is 423 g/mol. The van der Waals surface area contributed by atoms with Crippen LogP contribution in [0.5, 0.6) is 0 Å². The van der Waals surface area contributed by atoms with Crippen molar-refractivity contribution < 1.29 is 21.6 Å². The highest BCUT2D eigenvalue weighted by Gasteiger charge is 2.37. The number of benzene rings is 2. The van der Waals surface area contributed by atoms with Crippen molar-refractivity contribution in [2.75, 3.05) is 14.8 Å². The minimum Gasteiger partial charge on any atom is -0.279 e. The SMILES string of the molecule is CCc1ccccc1NS(=O)(=O)c1c(C)cc(N2C(=O)CCS2(=O)=O)cc1C. The van der Waals surface area contributed by atoms with E-state index in [4.69, 9.17) is 0 Å². The minimum absolute atomic E-state index is 0.0736. The van der Waals surface area contributed by atoms with Gasteiger partial charge in [-0.05, 0) is 55.2 Å². The van der Waals surface area contributed by atoms with Crippen molar-refractivity contribution in [3.8, 4) is 0 Å². The molecule has 1 aliphatic rings. The number of anilines is 2. The number of hydrogen-bond donors (Lipinski definition) is 1. The summed E-state index contributed by atoms with van der Waals surface area (Å²) in [5.74, 6) is -0.747. The van der Waals surface area contributed by atoms with E-state index in [-0.39, 0.29) is 22.8 Å². The molecule has 9 heteroatoms. The standard InChI is InChI=1S/C19H22N2O5S2/c1-4-15-7-5-6-8-17(15)20-28(25,26)19-13(2)11-16(12-14(19)3)21-18(22)9-10-27(21,23)24/h5-8,11-12,20H,4,9-10H2,1-3H3. The lowest BCUT2D eigenvalue weighted by molar-refractivity contribution is -0.116. The van der Waals surface area contributed by atoms with E-state index in [1.807, 2.05) is 19.1 Å². The molecule has 0 saturated carbocycles. The van der Waals surface area contributed by atoms with Crippen LogP contribution in [0.15, 0.2) is 41.3 Å². The van der Waals surface area contributed by atoms with E-state index < -0.39 is 26.0 Å². The number of nitrogens with zero attached hydrogens (tertiary/aromatic N) is 1. The van der Waals surface area contributed by atoms with Crippen LogP contribution < -0.4 is 9.03 Å². The van der Waals surface area contributed by atoms with Gasteiger partial charge >= 0.3 is 0 Å². The maximum absolute atomic E-state index is 13.0. The molecule has 1 saturated heterocycles. The number of carbonyl (C=O) groups is 1. The van der Waals surface area contributed by atoms with Crippen molar-refractivity contribution >= 4 is 37.3 Å². The Kier molecular flexibility index (Phi) is 5.24. The minimum atomic E-state index is -3.89. The third-order valence-electron chi connectivity index (χ3n) is 4.67. The van der Waals surface area contributed by atoms with Gasteiger partial charge in [0.2, 0.25) is 15.9 Å². The van der Waals surface area contributed by atoms with Gasteiger partial charge in [0.25, 0.3) is 10.0 Å². The Bertz CT molecular complexity index is 1130. The largest absolute Gasteiger partial charge is 0.279 e. The molecule has 1 amide bonds. The summed E-state index contributed by atoms with van der Waals surface area (Å²) in [6.07, 6.45) is 0.598. The summed E-state index contributed by atoms with van der Waals surface area (Å²) in [5.41, 5.74) is 2.28. The molecule has 0 unspecified atom stereocenters. The van der Waals surface area contributed by atoms with Crippen LogP contribution in [0.4, 0.5) is 11.4 Å². The summed E-state index contributed by atoms with van der Waals surface area (Å²) < 4.78 is 53.8. The van der Waals surface area contributed by atoms with Gasteiger partial charge in [-0.25, -0.2) is 21.1 Å². The molecule has 7 nitrogen and oxygen atoms in total. The number of carbonyl (C=O) groups excluding carboxylic acids is 1. The summed E-state index contributed by atoms with van der Waals surface area (Å²) in [6.45, 7) is 5.11. The summed E-state index contributed by atoms with van der Waals surface area (Å²) >= 11 is 0. The molecule has 1 N–H and O–H groups in total. The number of para-hydroxylation sites is 1. The van der Waals surface area contributed by atoms with Gasteiger partial charge < -0.3 is 0 Å². The van der Waals surface area contributed by atoms with Gasteiger partial charge in [0.15, 0.2) is 0 Å². The number of nitrogens with one attached hydrogen (secondary N) is 1. The second-order valence-corrected chi connectivity index (χ2v) is 10.3. The van der Waals surface area contributed by atoms with Gasteiger partial charge in [-0.2, -0.15) is 0 Å². The number of rotatable bonds is 5. The summed E-state index contributed by atoms with van der Waals surface area (Å²) in [4.78, 5) is 12.1. The molecule has 3 rings (SSSR count). The van der Waals surface area contributed by atoms with E-state index in [1.54, 1.807) is 26.0 Å². The lowest BCUT2D eigenvalue weighted by atomic mass is 10.1. The molecule has 2 aromatic rings. The quantitative estimate of drug-likeness (QED) is 0.798. The fourth-order valence-corrected chi connectivity index (χ4v) is 6.46. The molecule has 28 heavy (non-hydrogen) atoms. The molecule has 150 valence electrons. The van der Waals surface area contributed by atoms with Gasteiger partial charge in [-0.1, -0.05) is 25.1 Å². The van der Waals surface area contributed by atoms with Gasteiger partial charge in [-0.15, -0.1) is 0 Å². The van der Waals surface area contributed by atoms with Crippen molar-refractivity contribution in [1.29, 1.82) is 0 Å². The Hall–Kier alpha value is -2.39. The molecular formula is C19H22N2O5S2.